The van der Waals surface area contributed by atoms with Crippen LogP contribution >= 0.6 is 0 Å². The van der Waals surface area contributed by atoms with Crippen molar-refractivity contribution < 1.29 is 4.74 Å². The van der Waals surface area contributed by atoms with Crippen LogP contribution in [0.25, 0.3) is 0 Å². The lowest BCUT2D eigenvalue weighted by Gasteiger charge is -2.15. The lowest BCUT2D eigenvalue weighted by molar-refractivity contribution is 0.196. The number of nitrogens with zero attached hydrogens (tertiary/aromatic N) is 2. The molecule has 0 amide bonds. The molecule has 1 aromatic heterocycles. The fraction of sp³-hybridized carbons (Fsp3) is 0.692. The zero-order chi connectivity index (χ0) is 13.4. The summed E-state index contributed by atoms with van der Waals surface area (Å²) in [6, 6.07) is 0. The molecule has 3 N–H and O–H groups in total. The Morgan fingerprint density at radius 2 is 2.17 bits per heavy atom. The summed E-state index contributed by atoms with van der Waals surface area (Å²) in [6.07, 6.45) is 7.94. The van der Waals surface area contributed by atoms with E-state index in [2.05, 4.69) is 29.2 Å². The molecule has 0 radical (unpaired) electrons. The van der Waals surface area contributed by atoms with E-state index in [1.165, 1.54) is 25.7 Å². The van der Waals surface area contributed by atoms with Gasteiger partial charge in [-0.05, 0) is 26.7 Å². The molecule has 0 spiro atoms. The maximum atomic E-state index is 5.82. The molecule has 0 saturated carbocycles. The average Bonchev–Trinajstić information content (AvgIpc) is 2.37. The summed E-state index contributed by atoms with van der Waals surface area (Å²) in [4.78, 5) is 8.23. The molecule has 1 rings (SSSR count). The Kier molecular flexibility index (Phi) is 6.43. The molecule has 0 aliphatic heterocycles. The van der Waals surface area contributed by atoms with Crippen molar-refractivity contribution in [3.05, 3.63) is 11.8 Å². The van der Waals surface area contributed by atoms with Crippen LogP contribution < -0.4 is 16.0 Å². The van der Waals surface area contributed by atoms with Crippen LogP contribution in [0.2, 0.25) is 0 Å². The summed E-state index contributed by atoms with van der Waals surface area (Å²) < 4.78 is 5.82. The summed E-state index contributed by atoms with van der Waals surface area (Å²) in [6.45, 7) is 6.22. The van der Waals surface area contributed by atoms with Gasteiger partial charge in [0.15, 0.2) is 0 Å². The number of hydrazine groups is 1. The Morgan fingerprint density at radius 1 is 1.39 bits per heavy atom. The zero-order valence-electron chi connectivity index (χ0n) is 11.6. The van der Waals surface area contributed by atoms with Crippen LogP contribution in [0.3, 0.4) is 0 Å². The van der Waals surface area contributed by atoms with Gasteiger partial charge in [-0.1, -0.05) is 26.2 Å². The first-order valence-corrected chi connectivity index (χ1v) is 6.64. The highest BCUT2D eigenvalue weighted by molar-refractivity contribution is 5.31. The van der Waals surface area contributed by atoms with Gasteiger partial charge in [-0.15, -0.1) is 0 Å². The fourth-order valence-electron chi connectivity index (χ4n) is 1.72. The van der Waals surface area contributed by atoms with Crippen LogP contribution in [0.5, 0.6) is 5.88 Å². The number of nitrogens with one attached hydrogen (secondary N) is 1. The molecule has 1 atom stereocenters. The van der Waals surface area contributed by atoms with Gasteiger partial charge in [0.05, 0.1) is 6.10 Å². The molecule has 0 fully saturated rings. The minimum absolute atomic E-state index is 0.168. The third-order valence-corrected chi connectivity index (χ3v) is 2.83. The van der Waals surface area contributed by atoms with Gasteiger partial charge in [-0.2, -0.15) is 4.98 Å². The van der Waals surface area contributed by atoms with Crippen LogP contribution in [0, 0.1) is 6.92 Å². The molecule has 1 unspecified atom stereocenters. The van der Waals surface area contributed by atoms with E-state index < -0.39 is 0 Å². The first kappa shape index (κ1) is 14.7. The average molecular weight is 252 g/mol. The zero-order valence-corrected chi connectivity index (χ0v) is 11.6. The number of anilines is 1. The van der Waals surface area contributed by atoms with Gasteiger partial charge in [-0.3, -0.25) is 5.43 Å². The summed E-state index contributed by atoms with van der Waals surface area (Å²) in [5, 5.41) is 0. The third kappa shape index (κ3) is 4.87. The van der Waals surface area contributed by atoms with Gasteiger partial charge >= 0.3 is 0 Å². The largest absolute Gasteiger partial charge is 0.474 e. The monoisotopic (exact) mass is 252 g/mol. The van der Waals surface area contributed by atoms with Crippen LogP contribution in [0.4, 0.5) is 5.95 Å². The van der Waals surface area contributed by atoms with Crippen molar-refractivity contribution in [2.24, 2.45) is 5.84 Å². The molecule has 1 aromatic rings. The van der Waals surface area contributed by atoms with E-state index in [-0.39, 0.29) is 6.10 Å². The summed E-state index contributed by atoms with van der Waals surface area (Å²) in [7, 11) is 0. The maximum absolute atomic E-state index is 5.82. The van der Waals surface area contributed by atoms with Crippen LogP contribution in [-0.2, 0) is 0 Å². The quantitative estimate of drug-likeness (QED) is 0.423. The molecule has 0 aliphatic rings. The smallest absolute Gasteiger partial charge is 0.240 e. The number of aromatic nitrogens is 2. The van der Waals surface area contributed by atoms with E-state index >= 15 is 0 Å². The van der Waals surface area contributed by atoms with E-state index in [9.17, 15) is 0 Å². The molecule has 0 saturated heterocycles. The Labute approximate surface area is 109 Å². The van der Waals surface area contributed by atoms with Crippen molar-refractivity contribution in [3.8, 4) is 5.88 Å². The minimum Gasteiger partial charge on any atom is -0.474 e. The lowest BCUT2D eigenvalue weighted by atomic mass is 10.1. The second kappa shape index (κ2) is 7.87. The van der Waals surface area contributed by atoms with Gasteiger partial charge in [0.25, 0.3) is 0 Å². The van der Waals surface area contributed by atoms with Gasteiger partial charge in [0, 0.05) is 11.8 Å². The number of nitrogen functional groups attached to an aromatic ring is 1. The number of hydrogen-bond acceptors (Lipinski definition) is 5. The molecule has 102 valence electrons. The van der Waals surface area contributed by atoms with E-state index in [0.29, 0.717) is 11.8 Å². The van der Waals surface area contributed by atoms with Gasteiger partial charge in [-0.25, -0.2) is 10.8 Å². The maximum Gasteiger partial charge on any atom is 0.240 e. The SMILES string of the molecule is CCCCCCC(C)Oc1nc(NN)ncc1C. The molecule has 1 heterocycles. The molecule has 0 aliphatic carbocycles. The topological polar surface area (TPSA) is 73.1 Å². The Morgan fingerprint density at radius 3 is 2.83 bits per heavy atom. The Hall–Kier alpha value is -1.36. The Balaban J connectivity index is 2.45. The van der Waals surface area contributed by atoms with Gasteiger partial charge in [0.1, 0.15) is 0 Å². The number of aryl methyl sites for hydroxylation is 1. The molecule has 0 bridgehead atoms. The Bertz CT molecular complexity index is 357. The summed E-state index contributed by atoms with van der Waals surface area (Å²) >= 11 is 0. The number of rotatable bonds is 8. The van der Waals surface area contributed by atoms with Gasteiger partial charge in [0.2, 0.25) is 11.8 Å². The normalized spacial score (nSPS) is 12.2. The first-order valence-electron chi connectivity index (χ1n) is 6.64. The highest BCUT2D eigenvalue weighted by Crippen LogP contribution is 2.18. The molecule has 5 nitrogen and oxygen atoms in total. The van der Waals surface area contributed by atoms with E-state index in [4.69, 9.17) is 10.6 Å². The van der Waals surface area contributed by atoms with Crippen molar-refractivity contribution in [2.75, 3.05) is 5.43 Å². The highest BCUT2D eigenvalue weighted by atomic mass is 16.5. The summed E-state index contributed by atoms with van der Waals surface area (Å²) in [5.41, 5.74) is 3.35. The van der Waals surface area contributed by atoms with Crippen LogP contribution in [0.15, 0.2) is 6.20 Å². The predicted molar refractivity (Wildman–Crippen MR) is 73.4 cm³/mol. The first-order chi connectivity index (χ1) is 8.67. The van der Waals surface area contributed by atoms with E-state index in [0.717, 1.165) is 12.0 Å². The minimum atomic E-state index is 0.168. The van der Waals surface area contributed by atoms with Crippen molar-refractivity contribution in [1.29, 1.82) is 0 Å². The number of ether oxygens (including phenoxy) is 1. The van der Waals surface area contributed by atoms with Crippen molar-refractivity contribution in [2.45, 2.75) is 59.0 Å². The number of unbranched alkanes of at least 4 members (excludes halogenated alkanes) is 3. The van der Waals surface area contributed by atoms with Crippen molar-refractivity contribution in [3.63, 3.8) is 0 Å². The molecule has 18 heavy (non-hydrogen) atoms. The number of nitrogens with two attached hydrogens (primary N) is 1. The fourth-order valence-corrected chi connectivity index (χ4v) is 1.72. The molecule has 0 aromatic carbocycles. The van der Waals surface area contributed by atoms with E-state index in [1.807, 2.05) is 6.92 Å². The number of hydrogen-bond donors (Lipinski definition) is 2. The highest BCUT2D eigenvalue weighted by Gasteiger charge is 2.09. The van der Waals surface area contributed by atoms with Crippen LogP contribution in [-0.4, -0.2) is 16.1 Å². The third-order valence-electron chi connectivity index (χ3n) is 2.83. The second-order valence-electron chi connectivity index (χ2n) is 4.60. The van der Waals surface area contributed by atoms with Crippen molar-refractivity contribution >= 4 is 5.95 Å². The lowest BCUT2D eigenvalue weighted by Crippen LogP contribution is -2.16. The molecular weight excluding hydrogens is 228 g/mol. The van der Waals surface area contributed by atoms with Crippen LogP contribution in [0.1, 0.15) is 51.5 Å². The standard InChI is InChI=1S/C13H24N4O/c1-4-5-6-7-8-11(3)18-12-10(2)9-15-13(16-12)17-14/h9,11H,4-8,14H2,1-3H3,(H,15,16,17). The molecular formula is C13H24N4O. The second-order valence-corrected chi connectivity index (χ2v) is 4.60. The van der Waals surface area contributed by atoms with Crippen molar-refractivity contribution in [1.82, 2.24) is 9.97 Å². The summed E-state index contributed by atoms with van der Waals surface area (Å²) in [5.74, 6) is 6.28. The molecule has 5 heteroatoms. The predicted octanol–water partition coefficient (Wildman–Crippen LogP) is 2.81. The van der Waals surface area contributed by atoms with E-state index in [1.54, 1.807) is 6.20 Å². The van der Waals surface area contributed by atoms with Gasteiger partial charge < -0.3 is 4.74 Å².